The molecule has 0 fully saturated rings. The Morgan fingerprint density at radius 3 is 2.43 bits per heavy atom. The van der Waals surface area contributed by atoms with Crippen LogP contribution in [0.25, 0.3) is 11.1 Å². The van der Waals surface area contributed by atoms with Crippen molar-refractivity contribution < 1.29 is 0 Å². The molecule has 0 aliphatic heterocycles. The summed E-state index contributed by atoms with van der Waals surface area (Å²) < 4.78 is 0. The summed E-state index contributed by atoms with van der Waals surface area (Å²) in [5.41, 5.74) is 2.06. The Bertz CT molecular complexity index is 411. The molecule has 1 aromatic carbocycles. The highest BCUT2D eigenvalue weighted by molar-refractivity contribution is 6.31. The topological polar surface area (TPSA) is 12.9 Å². The van der Waals surface area contributed by atoms with Gasteiger partial charge < -0.3 is 0 Å². The van der Waals surface area contributed by atoms with E-state index in [1.54, 1.807) is 6.20 Å². The third-order valence-corrected chi connectivity index (χ3v) is 2.33. The van der Waals surface area contributed by atoms with Crippen LogP contribution in [0.5, 0.6) is 0 Å². The minimum atomic E-state index is 0.488. The first-order valence-electron chi connectivity index (χ1n) is 4.13. The fourth-order valence-corrected chi connectivity index (χ4v) is 1.61. The summed E-state index contributed by atoms with van der Waals surface area (Å²) in [5, 5.41) is 1.21. The van der Waals surface area contributed by atoms with Crippen molar-refractivity contribution >= 4 is 23.2 Å². The van der Waals surface area contributed by atoms with Crippen molar-refractivity contribution in [3.63, 3.8) is 0 Å². The van der Waals surface area contributed by atoms with E-state index >= 15 is 0 Å². The zero-order valence-electron chi connectivity index (χ0n) is 7.24. The Kier molecular flexibility index (Phi) is 2.71. The molecule has 1 heterocycles. The molecule has 0 unspecified atom stereocenters. The highest BCUT2D eigenvalue weighted by Crippen LogP contribution is 2.23. The van der Waals surface area contributed by atoms with Gasteiger partial charge in [0.15, 0.2) is 0 Å². The summed E-state index contributed by atoms with van der Waals surface area (Å²) >= 11 is 11.7. The molecule has 0 bridgehead atoms. The standard InChI is InChI=1S/C11H7Cl2N/c12-10-3-1-2-8(6-10)9-4-5-14-11(13)7-9/h1-7H. The minimum Gasteiger partial charge on any atom is -0.245 e. The predicted octanol–water partition coefficient (Wildman–Crippen LogP) is 4.06. The molecule has 0 aliphatic carbocycles. The fourth-order valence-electron chi connectivity index (χ4n) is 1.25. The van der Waals surface area contributed by atoms with Crippen molar-refractivity contribution in [1.82, 2.24) is 4.98 Å². The van der Waals surface area contributed by atoms with Gasteiger partial charge in [-0.15, -0.1) is 0 Å². The molecular formula is C11H7Cl2N. The molecule has 3 heteroatoms. The first-order chi connectivity index (χ1) is 6.75. The second kappa shape index (κ2) is 3.99. The number of hydrogen-bond donors (Lipinski definition) is 0. The smallest absolute Gasteiger partial charge is 0.129 e. The highest BCUT2D eigenvalue weighted by atomic mass is 35.5. The number of hydrogen-bond acceptors (Lipinski definition) is 1. The van der Waals surface area contributed by atoms with Crippen LogP contribution in [0.4, 0.5) is 0 Å². The summed E-state index contributed by atoms with van der Waals surface area (Å²) in [6, 6.07) is 11.3. The Morgan fingerprint density at radius 2 is 1.71 bits per heavy atom. The van der Waals surface area contributed by atoms with E-state index in [2.05, 4.69) is 4.98 Å². The lowest BCUT2D eigenvalue weighted by Gasteiger charge is -2.01. The first-order valence-corrected chi connectivity index (χ1v) is 4.89. The van der Waals surface area contributed by atoms with Crippen molar-refractivity contribution in [1.29, 1.82) is 0 Å². The Morgan fingerprint density at radius 1 is 0.929 bits per heavy atom. The highest BCUT2D eigenvalue weighted by Gasteiger charge is 1.98. The molecule has 0 aliphatic rings. The van der Waals surface area contributed by atoms with Gasteiger partial charge in [0.05, 0.1) is 0 Å². The zero-order chi connectivity index (χ0) is 9.97. The summed E-state index contributed by atoms with van der Waals surface area (Å²) in [4.78, 5) is 3.92. The Labute approximate surface area is 92.3 Å². The number of aromatic nitrogens is 1. The molecule has 0 radical (unpaired) electrons. The predicted molar refractivity (Wildman–Crippen MR) is 59.7 cm³/mol. The molecule has 1 nitrogen and oxygen atoms in total. The molecule has 0 atom stereocenters. The number of pyridine rings is 1. The van der Waals surface area contributed by atoms with E-state index in [0.717, 1.165) is 16.1 Å². The molecule has 2 rings (SSSR count). The van der Waals surface area contributed by atoms with Gasteiger partial charge in [0.2, 0.25) is 0 Å². The summed E-state index contributed by atoms with van der Waals surface area (Å²) in [5.74, 6) is 0. The molecule has 0 spiro atoms. The average molecular weight is 224 g/mol. The molecule has 0 saturated carbocycles. The van der Waals surface area contributed by atoms with Crippen LogP contribution in [-0.4, -0.2) is 4.98 Å². The fraction of sp³-hybridized carbons (Fsp3) is 0. The van der Waals surface area contributed by atoms with Crippen LogP contribution in [-0.2, 0) is 0 Å². The molecule has 70 valence electrons. The normalized spacial score (nSPS) is 10.1. The lowest BCUT2D eigenvalue weighted by atomic mass is 10.1. The van der Waals surface area contributed by atoms with Crippen LogP contribution >= 0.6 is 23.2 Å². The van der Waals surface area contributed by atoms with E-state index in [-0.39, 0.29) is 0 Å². The van der Waals surface area contributed by atoms with Gasteiger partial charge in [-0.05, 0) is 35.4 Å². The monoisotopic (exact) mass is 223 g/mol. The second-order valence-electron chi connectivity index (χ2n) is 2.88. The van der Waals surface area contributed by atoms with Crippen molar-refractivity contribution in [3.8, 4) is 11.1 Å². The largest absolute Gasteiger partial charge is 0.245 e. The molecule has 0 N–H and O–H groups in total. The third kappa shape index (κ3) is 2.06. The van der Waals surface area contributed by atoms with E-state index in [4.69, 9.17) is 23.2 Å². The van der Waals surface area contributed by atoms with Crippen LogP contribution in [0, 0.1) is 0 Å². The maximum Gasteiger partial charge on any atom is 0.129 e. The van der Waals surface area contributed by atoms with Gasteiger partial charge in [0, 0.05) is 11.2 Å². The van der Waals surface area contributed by atoms with Gasteiger partial charge in [-0.2, -0.15) is 0 Å². The van der Waals surface area contributed by atoms with Gasteiger partial charge in [-0.25, -0.2) is 4.98 Å². The lowest BCUT2D eigenvalue weighted by molar-refractivity contribution is 1.33. The molecule has 0 amide bonds. The van der Waals surface area contributed by atoms with Crippen LogP contribution in [0.1, 0.15) is 0 Å². The van der Waals surface area contributed by atoms with E-state index in [1.165, 1.54) is 0 Å². The van der Waals surface area contributed by atoms with Crippen LogP contribution < -0.4 is 0 Å². The quantitative estimate of drug-likeness (QED) is 0.665. The minimum absolute atomic E-state index is 0.488. The lowest BCUT2D eigenvalue weighted by Crippen LogP contribution is -1.79. The zero-order valence-corrected chi connectivity index (χ0v) is 8.76. The van der Waals surface area contributed by atoms with E-state index in [9.17, 15) is 0 Å². The molecule has 2 aromatic rings. The van der Waals surface area contributed by atoms with Gasteiger partial charge in [-0.1, -0.05) is 35.3 Å². The van der Waals surface area contributed by atoms with Crippen molar-refractivity contribution in [2.75, 3.05) is 0 Å². The van der Waals surface area contributed by atoms with Crippen molar-refractivity contribution in [2.45, 2.75) is 0 Å². The van der Waals surface area contributed by atoms with Gasteiger partial charge in [-0.3, -0.25) is 0 Å². The average Bonchev–Trinajstić information content (AvgIpc) is 2.18. The van der Waals surface area contributed by atoms with Crippen molar-refractivity contribution in [2.24, 2.45) is 0 Å². The SMILES string of the molecule is Clc1cccc(-c2ccnc(Cl)c2)c1. The number of nitrogens with zero attached hydrogens (tertiary/aromatic N) is 1. The van der Waals surface area contributed by atoms with Crippen LogP contribution in [0.3, 0.4) is 0 Å². The number of rotatable bonds is 1. The van der Waals surface area contributed by atoms with Gasteiger partial charge in [0.25, 0.3) is 0 Å². The first kappa shape index (κ1) is 9.50. The summed E-state index contributed by atoms with van der Waals surface area (Å²) in [7, 11) is 0. The van der Waals surface area contributed by atoms with Gasteiger partial charge in [0.1, 0.15) is 5.15 Å². The van der Waals surface area contributed by atoms with Crippen LogP contribution in [0.2, 0.25) is 10.2 Å². The Hall–Kier alpha value is -1.05. The molecule has 1 aromatic heterocycles. The van der Waals surface area contributed by atoms with Crippen molar-refractivity contribution in [3.05, 3.63) is 52.8 Å². The summed E-state index contributed by atoms with van der Waals surface area (Å²) in [6.45, 7) is 0. The molecular weight excluding hydrogens is 217 g/mol. The second-order valence-corrected chi connectivity index (χ2v) is 3.70. The third-order valence-electron chi connectivity index (χ3n) is 1.88. The molecule has 0 saturated heterocycles. The van der Waals surface area contributed by atoms with E-state index < -0.39 is 0 Å². The molecule has 14 heavy (non-hydrogen) atoms. The Balaban J connectivity index is 2.49. The maximum absolute atomic E-state index is 5.89. The van der Waals surface area contributed by atoms with E-state index in [1.807, 2.05) is 36.4 Å². The van der Waals surface area contributed by atoms with Crippen LogP contribution in [0.15, 0.2) is 42.6 Å². The summed E-state index contributed by atoms with van der Waals surface area (Å²) in [6.07, 6.45) is 1.68. The number of halogens is 2. The van der Waals surface area contributed by atoms with Gasteiger partial charge >= 0.3 is 0 Å². The number of benzene rings is 1. The van der Waals surface area contributed by atoms with E-state index in [0.29, 0.717) is 5.15 Å². The maximum atomic E-state index is 5.89.